The fourth-order valence-corrected chi connectivity index (χ4v) is 2.98. The summed E-state index contributed by atoms with van der Waals surface area (Å²) in [7, 11) is 0. The summed E-state index contributed by atoms with van der Waals surface area (Å²) in [6.07, 6.45) is 0. The minimum atomic E-state index is -0.0665. The summed E-state index contributed by atoms with van der Waals surface area (Å²) in [6.45, 7) is 0. The highest BCUT2D eigenvalue weighted by Gasteiger charge is 2.07. The number of H-pyrrole nitrogens is 1. The van der Waals surface area contributed by atoms with E-state index in [2.05, 4.69) is 20.9 Å². The predicted octanol–water partition coefficient (Wildman–Crippen LogP) is 4.02. The summed E-state index contributed by atoms with van der Waals surface area (Å²) in [6, 6.07) is 11.5. The zero-order chi connectivity index (χ0) is 11.8. The molecule has 2 aromatic heterocycles. The lowest BCUT2D eigenvalue weighted by atomic mass is 10.1. The summed E-state index contributed by atoms with van der Waals surface area (Å²) in [5, 5.41) is 3.07. The Kier molecular flexibility index (Phi) is 2.61. The largest absolute Gasteiger partial charge is 0.322 e. The summed E-state index contributed by atoms with van der Waals surface area (Å²) < 4.78 is 1.01. The molecule has 84 valence electrons. The van der Waals surface area contributed by atoms with E-state index in [0.717, 1.165) is 25.8 Å². The molecular weight excluding hydrogens is 298 g/mol. The van der Waals surface area contributed by atoms with Crippen molar-refractivity contribution in [2.45, 2.75) is 0 Å². The van der Waals surface area contributed by atoms with Crippen molar-refractivity contribution >= 4 is 38.2 Å². The van der Waals surface area contributed by atoms with E-state index in [0.29, 0.717) is 0 Å². The topological polar surface area (TPSA) is 32.9 Å². The van der Waals surface area contributed by atoms with Crippen LogP contribution in [0.15, 0.2) is 51.0 Å². The lowest BCUT2D eigenvalue weighted by molar-refractivity contribution is 1.31. The van der Waals surface area contributed by atoms with Gasteiger partial charge < -0.3 is 4.98 Å². The number of aromatic amines is 1. The van der Waals surface area contributed by atoms with Crippen molar-refractivity contribution in [2.24, 2.45) is 0 Å². The highest BCUT2D eigenvalue weighted by Crippen LogP contribution is 2.31. The van der Waals surface area contributed by atoms with Gasteiger partial charge in [0.05, 0.1) is 0 Å². The van der Waals surface area contributed by atoms with Gasteiger partial charge in [0.15, 0.2) is 0 Å². The van der Waals surface area contributed by atoms with E-state index in [9.17, 15) is 4.79 Å². The van der Waals surface area contributed by atoms with E-state index in [-0.39, 0.29) is 5.56 Å². The van der Waals surface area contributed by atoms with E-state index in [4.69, 9.17) is 0 Å². The fraction of sp³-hybridized carbons (Fsp3) is 0. The van der Waals surface area contributed by atoms with Crippen molar-refractivity contribution in [1.82, 2.24) is 4.98 Å². The average Bonchev–Trinajstić information content (AvgIpc) is 2.82. The Morgan fingerprint density at radius 3 is 2.82 bits per heavy atom. The minimum Gasteiger partial charge on any atom is -0.322 e. The second kappa shape index (κ2) is 4.13. The number of hydrogen-bond donors (Lipinski definition) is 1. The molecule has 2 nitrogen and oxygen atoms in total. The van der Waals surface area contributed by atoms with Crippen LogP contribution in [0.5, 0.6) is 0 Å². The molecule has 3 rings (SSSR count). The van der Waals surface area contributed by atoms with Gasteiger partial charge in [0.25, 0.3) is 0 Å². The van der Waals surface area contributed by atoms with Crippen LogP contribution >= 0.6 is 27.3 Å². The smallest absolute Gasteiger partial charge is 0.249 e. The van der Waals surface area contributed by atoms with E-state index in [1.807, 2.05) is 35.7 Å². The van der Waals surface area contributed by atoms with Crippen molar-refractivity contribution in [3.8, 4) is 10.4 Å². The summed E-state index contributed by atoms with van der Waals surface area (Å²) in [5.74, 6) is 0. The molecule has 0 unspecified atom stereocenters. The van der Waals surface area contributed by atoms with Crippen LogP contribution in [0.1, 0.15) is 0 Å². The monoisotopic (exact) mass is 305 g/mol. The second-order valence-corrected chi connectivity index (χ2v) is 5.58. The van der Waals surface area contributed by atoms with Crippen LogP contribution in [0.25, 0.3) is 21.3 Å². The number of fused-ring (bicyclic) bond motifs is 1. The maximum Gasteiger partial charge on any atom is 0.249 e. The molecule has 4 heteroatoms. The summed E-state index contributed by atoms with van der Waals surface area (Å²) >= 11 is 5.10. The van der Waals surface area contributed by atoms with Gasteiger partial charge in [0.2, 0.25) is 5.56 Å². The van der Waals surface area contributed by atoms with E-state index >= 15 is 0 Å². The summed E-state index contributed by atoms with van der Waals surface area (Å²) in [5.41, 5.74) is 1.78. The van der Waals surface area contributed by atoms with Crippen LogP contribution in [-0.4, -0.2) is 4.98 Å². The maximum absolute atomic E-state index is 11.6. The third-order valence-corrected chi connectivity index (χ3v) is 3.99. The van der Waals surface area contributed by atoms with Gasteiger partial charge >= 0.3 is 0 Å². The molecule has 17 heavy (non-hydrogen) atoms. The predicted molar refractivity (Wildman–Crippen MR) is 75.6 cm³/mol. The van der Waals surface area contributed by atoms with Crippen molar-refractivity contribution in [3.05, 3.63) is 56.6 Å². The number of nitrogens with one attached hydrogen (secondary N) is 1. The Bertz CT molecular complexity index is 731. The molecule has 2 heterocycles. The van der Waals surface area contributed by atoms with Gasteiger partial charge in [-0.3, -0.25) is 4.79 Å². The lowest BCUT2D eigenvalue weighted by Gasteiger charge is -2.04. The van der Waals surface area contributed by atoms with Gasteiger partial charge in [0.1, 0.15) is 0 Å². The molecule has 1 aromatic carbocycles. The Balaban J connectivity index is 2.44. The van der Waals surface area contributed by atoms with E-state index < -0.39 is 0 Å². The SMILES string of the molecule is O=c1cc(-c2cccs2)c2cc(Br)ccc2[nH]1. The minimum absolute atomic E-state index is 0.0665. The standard InChI is InChI=1S/C13H8BrNOS/c14-8-3-4-11-9(6-8)10(7-13(16)15-11)12-2-1-5-17-12/h1-7H,(H,15,16). The third-order valence-electron chi connectivity index (χ3n) is 2.59. The third kappa shape index (κ3) is 1.94. The van der Waals surface area contributed by atoms with Gasteiger partial charge in [-0.1, -0.05) is 22.0 Å². The highest BCUT2D eigenvalue weighted by molar-refractivity contribution is 9.10. The number of halogens is 1. The average molecular weight is 306 g/mol. The van der Waals surface area contributed by atoms with Crippen molar-refractivity contribution in [2.75, 3.05) is 0 Å². The maximum atomic E-state index is 11.6. The first-order valence-electron chi connectivity index (χ1n) is 5.10. The Morgan fingerprint density at radius 1 is 1.18 bits per heavy atom. The molecule has 1 N–H and O–H groups in total. The molecule has 0 amide bonds. The second-order valence-electron chi connectivity index (χ2n) is 3.71. The van der Waals surface area contributed by atoms with Gasteiger partial charge in [0, 0.05) is 31.9 Å². The van der Waals surface area contributed by atoms with Crippen molar-refractivity contribution < 1.29 is 0 Å². The molecule has 0 aliphatic carbocycles. The van der Waals surface area contributed by atoms with Crippen LogP contribution in [0.4, 0.5) is 0 Å². The van der Waals surface area contributed by atoms with E-state index in [1.54, 1.807) is 17.4 Å². The van der Waals surface area contributed by atoms with Gasteiger partial charge in [-0.25, -0.2) is 0 Å². The molecule has 0 saturated heterocycles. The normalized spacial score (nSPS) is 10.9. The molecule has 0 radical (unpaired) electrons. The van der Waals surface area contributed by atoms with Crippen LogP contribution in [0, 0.1) is 0 Å². The molecule has 0 spiro atoms. The molecule has 0 aliphatic rings. The Morgan fingerprint density at radius 2 is 2.06 bits per heavy atom. The number of hydrogen-bond acceptors (Lipinski definition) is 2. The molecule has 0 bridgehead atoms. The molecule has 0 fully saturated rings. The number of aromatic nitrogens is 1. The Labute approximate surface area is 110 Å². The first-order valence-corrected chi connectivity index (χ1v) is 6.78. The van der Waals surface area contributed by atoms with E-state index in [1.165, 1.54) is 0 Å². The first-order chi connectivity index (χ1) is 8.24. The van der Waals surface area contributed by atoms with Crippen LogP contribution in [0.2, 0.25) is 0 Å². The quantitative estimate of drug-likeness (QED) is 0.723. The zero-order valence-electron chi connectivity index (χ0n) is 8.74. The van der Waals surface area contributed by atoms with Gasteiger partial charge in [-0.05, 0) is 29.6 Å². The number of thiophene rings is 1. The lowest BCUT2D eigenvalue weighted by Crippen LogP contribution is -2.04. The fourth-order valence-electron chi connectivity index (χ4n) is 1.86. The van der Waals surface area contributed by atoms with Crippen molar-refractivity contribution in [1.29, 1.82) is 0 Å². The molecule has 0 saturated carbocycles. The van der Waals surface area contributed by atoms with Gasteiger partial charge in [-0.15, -0.1) is 11.3 Å². The zero-order valence-corrected chi connectivity index (χ0v) is 11.1. The van der Waals surface area contributed by atoms with Crippen LogP contribution in [0.3, 0.4) is 0 Å². The highest BCUT2D eigenvalue weighted by atomic mass is 79.9. The molecule has 0 aliphatic heterocycles. The molecular formula is C13H8BrNOS. The number of rotatable bonds is 1. The number of pyridine rings is 1. The van der Waals surface area contributed by atoms with Gasteiger partial charge in [-0.2, -0.15) is 0 Å². The molecule has 0 atom stereocenters. The first kappa shape index (κ1) is 10.7. The summed E-state index contributed by atoms with van der Waals surface area (Å²) in [4.78, 5) is 15.6. The Hall–Kier alpha value is -1.39. The van der Waals surface area contributed by atoms with Crippen LogP contribution in [-0.2, 0) is 0 Å². The van der Waals surface area contributed by atoms with Crippen LogP contribution < -0.4 is 5.56 Å². The van der Waals surface area contributed by atoms with Crippen molar-refractivity contribution in [3.63, 3.8) is 0 Å². The molecule has 3 aromatic rings. The number of benzene rings is 1.